The molecule has 6 rings (SSSR count). The largest absolute Gasteiger partial charge is 0.436 e. The van der Waals surface area contributed by atoms with E-state index in [4.69, 9.17) is 18.8 Å². The molecule has 0 bridgehead atoms. The lowest BCUT2D eigenvalue weighted by Crippen LogP contribution is -2.10. The molecule has 0 aliphatic rings. The molecule has 34 heavy (non-hydrogen) atoms. The van der Waals surface area contributed by atoms with E-state index in [9.17, 15) is 0 Å². The fourth-order valence-corrected chi connectivity index (χ4v) is 4.27. The second-order valence-corrected chi connectivity index (χ2v) is 9.54. The summed E-state index contributed by atoms with van der Waals surface area (Å²) in [6.45, 7) is 6.63. The Balaban J connectivity index is 1.47. The molecule has 166 valence electrons. The highest BCUT2D eigenvalue weighted by Gasteiger charge is 2.18. The lowest BCUT2D eigenvalue weighted by Gasteiger charge is -2.18. The molecular weight excluding hydrogens is 420 g/mol. The minimum atomic E-state index is 0.0991. The first kappa shape index (κ1) is 20.4. The van der Waals surface area contributed by atoms with E-state index in [0.29, 0.717) is 11.8 Å². The molecule has 0 aliphatic carbocycles. The molecule has 2 aromatic heterocycles. The molecule has 4 heteroatoms. The molecule has 0 atom stereocenters. The van der Waals surface area contributed by atoms with Crippen molar-refractivity contribution in [3.05, 3.63) is 96.6 Å². The van der Waals surface area contributed by atoms with Crippen molar-refractivity contribution in [1.82, 2.24) is 9.97 Å². The molecule has 0 radical (unpaired) electrons. The molecule has 2 heterocycles. The van der Waals surface area contributed by atoms with Gasteiger partial charge in [0.15, 0.2) is 11.2 Å². The molecule has 0 N–H and O–H groups in total. The number of rotatable bonds is 3. The fourth-order valence-electron chi connectivity index (χ4n) is 4.27. The number of hydrogen-bond donors (Lipinski definition) is 0. The molecule has 4 aromatic carbocycles. The summed E-state index contributed by atoms with van der Waals surface area (Å²) in [4.78, 5) is 9.62. The van der Waals surface area contributed by atoms with Gasteiger partial charge in [0.2, 0.25) is 11.8 Å². The van der Waals surface area contributed by atoms with Crippen LogP contribution < -0.4 is 0 Å². The standard InChI is InChI=1S/C30H24N2O2/c1-30(2,3)21-17-15-20(16-18-21)28-31-24-13-7-12-23(27(24)34-28)22-11-8-14-25-26(22)32-29(33-25)19-9-5-4-6-10-19/h4-18H,1-3H3. The molecule has 0 unspecified atom stereocenters. The maximum absolute atomic E-state index is 6.34. The topological polar surface area (TPSA) is 52.1 Å². The van der Waals surface area contributed by atoms with Gasteiger partial charge in [0, 0.05) is 22.3 Å². The number of aromatic nitrogens is 2. The maximum Gasteiger partial charge on any atom is 0.227 e. The van der Waals surface area contributed by atoms with Gasteiger partial charge in [-0.25, -0.2) is 9.97 Å². The Morgan fingerprint density at radius 3 is 2.03 bits per heavy atom. The van der Waals surface area contributed by atoms with E-state index in [1.54, 1.807) is 0 Å². The smallest absolute Gasteiger partial charge is 0.227 e. The summed E-state index contributed by atoms with van der Waals surface area (Å²) in [6.07, 6.45) is 0. The number of para-hydroxylation sites is 2. The van der Waals surface area contributed by atoms with Gasteiger partial charge in [0.05, 0.1) is 0 Å². The first-order chi connectivity index (χ1) is 16.5. The third-order valence-electron chi connectivity index (χ3n) is 6.14. The Labute approximate surface area is 197 Å². The lowest BCUT2D eigenvalue weighted by molar-refractivity contribution is 0.589. The third-order valence-corrected chi connectivity index (χ3v) is 6.14. The van der Waals surface area contributed by atoms with Gasteiger partial charge in [-0.1, -0.05) is 75.4 Å². The normalized spacial score (nSPS) is 12.0. The van der Waals surface area contributed by atoms with Crippen LogP contribution in [0, 0.1) is 0 Å². The monoisotopic (exact) mass is 444 g/mol. The summed E-state index contributed by atoms with van der Waals surface area (Å²) in [7, 11) is 0. The van der Waals surface area contributed by atoms with Gasteiger partial charge in [-0.05, 0) is 47.4 Å². The van der Waals surface area contributed by atoms with Crippen LogP contribution in [0.2, 0.25) is 0 Å². The average Bonchev–Trinajstić information content (AvgIpc) is 3.48. The predicted molar refractivity (Wildman–Crippen MR) is 137 cm³/mol. The van der Waals surface area contributed by atoms with Crippen LogP contribution in [0.25, 0.3) is 56.2 Å². The van der Waals surface area contributed by atoms with Crippen LogP contribution in [0.3, 0.4) is 0 Å². The summed E-state index contributed by atoms with van der Waals surface area (Å²) in [5, 5.41) is 0. The first-order valence-electron chi connectivity index (χ1n) is 11.4. The van der Waals surface area contributed by atoms with E-state index in [-0.39, 0.29) is 5.41 Å². The Morgan fingerprint density at radius 1 is 0.588 bits per heavy atom. The summed E-state index contributed by atoms with van der Waals surface area (Å²) in [5.74, 6) is 1.22. The van der Waals surface area contributed by atoms with E-state index in [1.165, 1.54) is 5.56 Å². The van der Waals surface area contributed by atoms with Crippen molar-refractivity contribution < 1.29 is 8.83 Å². The molecule has 0 fully saturated rings. The number of benzene rings is 4. The first-order valence-corrected chi connectivity index (χ1v) is 11.4. The van der Waals surface area contributed by atoms with Gasteiger partial charge in [-0.3, -0.25) is 0 Å². The maximum atomic E-state index is 6.34. The fraction of sp³-hybridized carbons (Fsp3) is 0.133. The summed E-state index contributed by atoms with van der Waals surface area (Å²) in [6, 6.07) is 30.4. The van der Waals surface area contributed by atoms with Crippen LogP contribution in [0.15, 0.2) is 99.8 Å². The summed E-state index contributed by atoms with van der Waals surface area (Å²) < 4.78 is 12.4. The van der Waals surface area contributed by atoms with Gasteiger partial charge in [-0.15, -0.1) is 0 Å². The number of fused-ring (bicyclic) bond motifs is 2. The second kappa shape index (κ2) is 7.70. The minimum Gasteiger partial charge on any atom is -0.436 e. The van der Waals surface area contributed by atoms with E-state index in [2.05, 4.69) is 51.1 Å². The Bertz CT molecular complexity index is 1620. The van der Waals surface area contributed by atoms with E-state index >= 15 is 0 Å². The second-order valence-electron chi connectivity index (χ2n) is 9.54. The van der Waals surface area contributed by atoms with Crippen LogP contribution >= 0.6 is 0 Å². The zero-order chi connectivity index (χ0) is 23.3. The molecule has 0 spiro atoms. The number of hydrogen-bond acceptors (Lipinski definition) is 4. The van der Waals surface area contributed by atoms with Crippen molar-refractivity contribution in [2.24, 2.45) is 0 Å². The predicted octanol–water partition coefficient (Wildman–Crippen LogP) is 8.27. The van der Waals surface area contributed by atoms with E-state index in [0.717, 1.165) is 44.5 Å². The van der Waals surface area contributed by atoms with Crippen LogP contribution in [-0.4, -0.2) is 9.97 Å². The van der Waals surface area contributed by atoms with Gasteiger partial charge in [-0.2, -0.15) is 0 Å². The van der Waals surface area contributed by atoms with E-state index in [1.807, 2.05) is 60.7 Å². The number of nitrogens with zero attached hydrogens (tertiary/aromatic N) is 2. The van der Waals surface area contributed by atoms with Crippen molar-refractivity contribution >= 4 is 22.2 Å². The number of oxazole rings is 2. The highest BCUT2D eigenvalue weighted by atomic mass is 16.4. The molecular formula is C30H24N2O2. The van der Waals surface area contributed by atoms with Crippen LogP contribution in [-0.2, 0) is 5.41 Å². The van der Waals surface area contributed by atoms with Crippen molar-refractivity contribution in [2.75, 3.05) is 0 Å². The SMILES string of the molecule is CC(C)(C)c1ccc(-c2nc3cccc(-c4cccc5oc(-c6ccccc6)nc45)c3o2)cc1. The highest BCUT2D eigenvalue weighted by molar-refractivity contribution is 6.00. The van der Waals surface area contributed by atoms with Crippen LogP contribution in [0.5, 0.6) is 0 Å². The minimum absolute atomic E-state index is 0.0991. The molecule has 4 nitrogen and oxygen atoms in total. The molecule has 0 amide bonds. The van der Waals surface area contributed by atoms with Crippen LogP contribution in [0.1, 0.15) is 26.3 Å². The third kappa shape index (κ3) is 3.48. The summed E-state index contributed by atoms with van der Waals surface area (Å²) >= 11 is 0. The molecule has 0 saturated carbocycles. The van der Waals surface area contributed by atoms with E-state index < -0.39 is 0 Å². The van der Waals surface area contributed by atoms with Crippen molar-refractivity contribution in [3.63, 3.8) is 0 Å². The Kier molecular flexibility index (Phi) is 4.63. The quantitative estimate of drug-likeness (QED) is 0.276. The Morgan fingerprint density at radius 2 is 1.26 bits per heavy atom. The average molecular weight is 445 g/mol. The van der Waals surface area contributed by atoms with Gasteiger partial charge in [0.25, 0.3) is 0 Å². The molecule has 0 aliphatic heterocycles. The van der Waals surface area contributed by atoms with Crippen molar-refractivity contribution in [1.29, 1.82) is 0 Å². The summed E-state index contributed by atoms with van der Waals surface area (Å²) in [5.41, 5.74) is 8.30. The van der Waals surface area contributed by atoms with Crippen LogP contribution in [0.4, 0.5) is 0 Å². The lowest BCUT2D eigenvalue weighted by atomic mass is 9.87. The van der Waals surface area contributed by atoms with Crippen molar-refractivity contribution in [3.8, 4) is 34.0 Å². The zero-order valence-electron chi connectivity index (χ0n) is 19.4. The van der Waals surface area contributed by atoms with Gasteiger partial charge in [0.1, 0.15) is 11.0 Å². The van der Waals surface area contributed by atoms with Gasteiger partial charge < -0.3 is 8.83 Å². The Hall–Kier alpha value is -4.18. The molecule has 6 aromatic rings. The highest BCUT2D eigenvalue weighted by Crippen LogP contribution is 2.37. The molecule has 0 saturated heterocycles. The van der Waals surface area contributed by atoms with Gasteiger partial charge >= 0.3 is 0 Å². The zero-order valence-corrected chi connectivity index (χ0v) is 19.4. The van der Waals surface area contributed by atoms with Crippen molar-refractivity contribution in [2.45, 2.75) is 26.2 Å².